The minimum Gasteiger partial charge on any atom is -0.744 e. The summed E-state index contributed by atoms with van der Waals surface area (Å²) in [5.41, 5.74) is 0.928. The first-order valence-electron chi connectivity index (χ1n) is 8.83. The molecule has 1 atom stereocenters. The maximum Gasteiger partial charge on any atom is 0.161 e. The molecule has 0 fully saturated rings. The molecule has 2 aromatic carbocycles. The van der Waals surface area contributed by atoms with Crippen LogP contribution in [0.1, 0.15) is 5.56 Å². The third-order valence-corrected chi connectivity index (χ3v) is 5.38. The molecule has 9 heteroatoms. The van der Waals surface area contributed by atoms with Crippen LogP contribution in [0.4, 0.5) is 0 Å². The van der Waals surface area contributed by atoms with E-state index in [1.807, 2.05) is 25.1 Å². The van der Waals surface area contributed by atoms with Crippen LogP contribution in [0.5, 0.6) is 11.5 Å². The third kappa shape index (κ3) is 10.5. The van der Waals surface area contributed by atoms with Gasteiger partial charge in [-0.3, -0.25) is 0 Å². The van der Waals surface area contributed by atoms with Gasteiger partial charge < -0.3 is 24.2 Å². The second-order valence-electron chi connectivity index (χ2n) is 6.40. The molecule has 0 bridgehead atoms. The molecule has 2 rings (SSSR count). The molecule has 0 heterocycles. The lowest BCUT2D eigenvalue weighted by atomic mass is 10.2. The average molecular weight is 445 g/mol. The second kappa shape index (κ2) is 12.7. The van der Waals surface area contributed by atoms with E-state index in [0.717, 1.165) is 11.3 Å². The Hall–Kier alpha value is -1.78. The van der Waals surface area contributed by atoms with Gasteiger partial charge in [0, 0.05) is 0 Å². The van der Waals surface area contributed by atoms with E-state index in [1.54, 1.807) is 18.2 Å². The molecular weight excluding hydrogens is 416 g/mol. The van der Waals surface area contributed by atoms with E-state index in [4.69, 9.17) is 14.6 Å². The summed E-state index contributed by atoms with van der Waals surface area (Å²) in [5.74, 6) is 2.28. The molecule has 0 amide bonds. The number of benzene rings is 2. The minimum absolute atomic E-state index is 0.0583. The summed E-state index contributed by atoms with van der Waals surface area (Å²) < 4.78 is 42.2. The normalized spacial score (nSPS) is 12.1. The summed E-state index contributed by atoms with van der Waals surface area (Å²) in [6, 6.07) is 13.1. The van der Waals surface area contributed by atoms with Gasteiger partial charge in [-0.2, -0.15) is 0 Å². The van der Waals surface area contributed by atoms with Crippen LogP contribution in [0, 0.1) is 6.92 Å². The molecule has 0 aromatic heterocycles. The standard InChI is InChI=1S/C13H21O4S.C7H8O3S/c1-18(2)8-7-16-12-5-3-4-6-13(12)17-10-11(15)9-14;1-6-2-4-7(5-3-6)11(8,9)10/h3-6,11,14-15H,7-10H2,1-2H3;2-5H,1H3,(H,8,9,10)/q+1;/p-1. The average Bonchev–Trinajstić information content (AvgIpc) is 2.67. The van der Waals surface area contributed by atoms with Crippen LogP contribution in [0.25, 0.3) is 0 Å². The molecule has 0 aliphatic rings. The fourth-order valence-corrected chi connectivity index (χ4v) is 2.84. The lowest BCUT2D eigenvalue weighted by Crippen LogP contribution is -2.21. The Labute approximate surface area is 175 Å². The number of hydrogen-bond donors (Lipinski definition) is 2. The quantitative estimate of drug-likeness (QED) is 0.445. The smallest absolute Gasteiger partial charge is 0.161 e. The van der Waals surface area contributed by atoms with Crippen LogP contribution in [0.15, 0.2) is 53.4 Å². The molecule has 2 N–H and O–H groups in total. The Kier molecular flexibility index (Phi) is 11.1. The first kappa shape index (κ1) is 25.3. The monoisotopic (exact) mass is 444 g/mol. The van der Waals surface area contributed by atoms with Crippen molar-refractivity contribution in [2.75, 3.05) is 38.1 Å². The zero-order chi connectivity index (χ0) is 21.9. The van der Waals surface area contributed by atoms with Gasteiger partial charge in [0.2, 0.25) is 0 Å². The van der Waals surface area contributed by atoms with Crippen molar-refractivity contribution in [1.29, 1.82) is 0 Å². The number of rotatable bonds is 9. The van der Waals surface area contributed by atoms with E-state index in [1.165, 1.54) is 12.1 Å². The second-order valence-corrected chi connectivity index (χ2v) is 10.2. The molecule has 0 spiro atoms. The summed E-state index contributed by atoms with van der Waals surface area (Å²) in [4.78, 5) is -0.178. The molecule has 162 valence electrons. The van der Waals surface area contributed by atoms with Crippen molar-refractivity contribution < 1.29 is 32.7 Å². The van der Waals surface area contributed by atoms with Crippen LogP contribution < -0.4 is 9.47 Å². The van der Waals surface area contributed by atoms with Gasteiger partial charge in [-0.1, -0.05) is 29.8 Å². The Morgan fingerprint density at radius 2 is 1.59 bits per heavy atom. The highest BCUT2D eigenvalue weighted by atomic mass is 32.2. The van der Waals surface area contributed by atoms with Crippen LogP contribution in [0.3, 0.4) is 0 Å². The van der Waals surface area contributed by atoms with Crippen LogP contribution in [-0.2, 0) is 21.0 Å². The predicted octanol–water partition coefficient (Wildman–Crippen LogP) is 1.57. The fourth-order valence-electron chi connectivity index (χ4n) is 1.95. The number of ether oxygens (including phenoxy) is 2. The molecule has 2 aromatic rings. The zero-order valence-corrected chi connectivity index (χ0v) is 18.4. The predicted molar refractivity (Wildman–Crippen MR) is 114 cm³/mol. The minimum atomic E-state index is -4.27. The van der Waals surface area contributed by atoms with Crippen molar-refractivity contribution in [3.05, 3.63) is 54.1 Å². The van der Waals surface area contributed by atoms with Crippen LogP contribution in [0.2, 0.25) is 0 Å². The molecule has 0 saturated carbocycles. The number of aryl methyl sites for hydroxylation is 1. The Morgan fingerprint density at radius 3 is 2.07 bits per heavy atom. The number of para-hydroxylation sites is 2. The van der Waals surface area contributed by atoms with Gasteiger partial charge in [-0.25, -0.2) is 8.42 Å². The van der Waals surface area contributed by atoms with Crippen molar-refractivity contribution in [2.45, 2.75) is 17.9 Å². The van der Waals surface area contributed by atoms with Crippen molar-refractivity contribution in [3.8, 4) is 11.5 Å². The maximum absolute atomic E-state index is 10.4. The van der Waals surface area contributed by atoms with E-state index in [2.05, 4.69) is 12.5 Å². The van der Waals surface area contributed by atoms with Crippen molar-refractivity contribution >= 4 is 21.0 Å². The van der Waals surface area contributed by atoms with Gasteiger partial charge in [-0.15, -0.1) is 0 Å². The lowest BCUT2D eigenvalue weighted by molar-refractivity contribution is 0.0525. The number of aliphatic hydroxyl groups excluding tert-OH is 2. The molecule has 0 aliphatic heterocycles. The Bertz CT molecular complexity index is 821. The molecule has 29 heavy (non-hydrogen) atoms. The van der Waals surface area contributed by atoms with E-state index in [0.29, 0.717) is 29.0 Å². The number of aliphatic hydroxyl groups is 2. The Balaban J connectivity index is 0.000000326. The van der Waals surface area contributed by atoms with E-state index < -0.39 is 16.2 Å². The SMILES string of the molecule is C[S+](C)CCOc1ccccc1OCC(O)CO.Cc1ccc(S(=O)(=O)[O-])cc1. The van der Waals surface area contributed by atoms with Crippen LogP contribution in [-0.4, -0.2) is 67.4 Å². The molecule has 0 radical (unpaired) electrons. The molecule has 0 saturated heterocycles. The van der Waals surface area contributed by atoms with Gasteiger partial charge in [0.05, 0.1) is 24.0 Å². The summed E-state index contributed by atoms with van der Waals surface area (Å²) >= 11 is 0. The first-order chi connectivity index (χ1) is 13.6. The summed E-state index contributed by atoms with van der Waals surface area (Å²) in [6.45, 7) is 2.22. The zero-order valence-electron chi connectivity index (χ0n) is 16.8. The molecular formula is C20H28O7S2. The highest BCUT2D eigenvalue weighted by Gasteiger charge is 2.09. The van der Waals surface area contributed by atoms with Crippen LogP contribution >= 0.6 is 0 Å². The van der Waals surface area contributed by atoms with E-state index in [-0.39, 0.29) is 18.1 Å². The molecule has 1 unspecified atom stereocenters. The fraction of sp³-hybridized carbons (Fsp3) is 0.400. The van der Waals surface area contributed by atoms with Gasteiger partial charge in [0.1, 0.15) is 35.2 Å². The van der Waals surface area contributed by atoms with Gasteiger partial charge >= 0.3 is 0 Å². The van der Waals surface area contributed by atoms with Gasteiger partial charge in [0.25, 0.3) is 0 Å². The summed E-state index contributed by atoms with van der Waals surface area (Å²) in [6.07, 6.45) is 3.47. The third-order valence-electron chi connectivity index (χ3n) is 3.55. The van der Waals surface area contributed by atoms with Gasteiger partial charge in [0.15, 0.2) is 11.5 Å². The van der Waals surface area contributed by atoms with Gasteiger partial charge in [-0.05, 0) is 42.1 Å². The highest BCUT2D eigenvalue weighted by molar-refractivity contribution is 7.95. The highest BCUT2D eigenvalue weighted by Crippen LogP contribution is 2.26. The molecule has 7 nitrogen and oxygen atoms in total. The summed E-state index contributed by atoms with van der Waals surface area (Å²) in [5, 5.41) is 18.0. The first-order valence-corrected chi connectivity index (χ1v) is 12.5. The largest absolute Gasteiger partial charge is 0.744 e. The van der Waals surface area contributed by atoms with E-state index >= 15 is 0 Å². The maximum atomic E-state index is 10.4. The van der Waals surface area contributed by atoms with Crippen molar-refractivity contribution in [2.24, 2.45) is 0 Å². The molecule has 0 aliphatic carbocycles. The number of hydrogen-bond acceptors (Lipinski definition) is 7. The summed E-state index contributed by atoms with van der Waals surface area (Å²) in [7, 11) is -3.92. The topological polar surface area (TPSA) is 116 Å². The Morgan fingerprint density at radius 1 is 1.03 bits per heavy atom. The van der Waals surface area contributed by atoms with Crippen molar-refractivity contribution in [1.82, 2.24) is 0 Å². The lowest BCUT2D eigenvalue weighted by Gasteiger charge is -2.13. The van der Waals surface area contributed by atoms with E-state index in [9.17, 15) is 18.1 Å². The van der Waals surface area contributed by atoms with Crippen molar-refractivity contribution in [3.63, 3.8) is 0 Å².